The number of hydrazine groups is 1. The number of nitrogens with zero attached hydrogens (tertiary/aromatic N) is 3. The number of hydrogen-bond donors (Lipinski definition) is 2. The third kappa shape index (κ3) is 3.74. The van der Waals surface area contributed by atoms with E-state index >= 15 is 0 Å². The maximum absolute atomic E-state index is 12.2. The largest absolute Gasteiger partial charge is 0.344 e. The average molecular weight is 361 g/mol. The highest BCUT2D eigenvalue weighted by Crippen LogP contribution is 2.24. The Bertz CT molecular complexity index is 789. The lowest BCUT2D eigenvalue weighted by atomic mass is 10.00. The molecule has 1 aliphatic heterocycles. The Kier molecular flexibility index (Phi) is 5.33. The van der Waals surface area contributed by atoms with E-state index in [4.69, 9.17) is 0 Å². The number of carbonyl (C=O) groups is 3. The highest BCUT2D eigenvalue weighted by molar-refractivity contribution is 8.00. The van der Waals surface area contributed by atoms with Crippen LogP contribution < -0.4 is 10.7 Å². The molecule has 9 heteroatoms. The molecule has 0 radical (unpaired) electrons. The van der Waals surface area contributed by atoms with Crippen molar-refractivity contribution >= 4 is 29.6 Å². The standard InChI is InChI=1S/C16H19N5O3S/c1-5-16(4)14(23)21(15(24)19-16)20-12(22)8-25-13-11(7-17)9(2)6-10(3)18-13/h6H,5,8H2,1-4H3,(H,19,24)(H,20,22). The SMILES string of the molecule is CCC1(C)NC(=O)N(NC(=O)CSc2nc(C)cc(C)c2C#N)C1=O. The Balaban J connectivity index is 2.04. The fourth-order valence-electron chi connectivity index (χ4n) is 2.36. The van der Waals surface area contributed by atoms with E-state index in [9.17, 15) is 19.6 Å². The van der Waals surface area contributed by atoms with Crippen LogP contribution in [0.3, 0.4) is 0 Å². The van der Waals surface area contributed by atoms with Crippen LogP contribution in [0.25, 0.3) is 0 Å². The number of urea groups is 1. The Morgan fingerprint density at radius 3 is 2.72 bits per heavy atom. The van der Waals surface area contributed by atoms with Crippen LogP contribution >= 0.6 is 11.8 Å². The van der Waals surface area contributed by atoms with Gasteiger partial charge in [0, 0.05) is 5.69 Å². The zero-order valence-corrected chi connectivity index (χ0v) is 15.3. The summed E-state index contributed by atoms with van der Waals surface area (Å²) in [6, 6.07) is 3.21. The highest BCUT2D eigenvalue weighted by Gasteiger charge is 2.47. The molecular weight excluding hydrogens is 342 g/mol. The molecule has 8 nitrogen and oxygen atoms in total. The van der Waals surface area contributed by atoms with Gasteiger partial charge in [0.05, 0.1) is 11.3 Å². The first-order valence-corrected chi connectivity index (χ1v) is 8.67. The second kappa shape index (κ2) is 7.11. The fourth-order valence-corrected chi connectivity index (χ4v) is 3.25. The van der Waals surface area contributed by atoms with Gasteiger partial charge in [0.2, 0.25) is 5.91 Å². The van der Waals surface area contributed by atoms with Crippen molar-refractivity contribution in [3.8, 4) is 6.07 Å². The van der Waals surface area contributed by atoms with Crippen LogP contribution in [0.2, 0.25) is 0 Å². The van der Waals surface area contributed by atoms with Gasteiger partial charge in [-0.1, -0.05) is 18.7 Å². The van der Waals surface area contributed by atoms with Gasteiger partial charge < -0.3 is 5.32 Å². The maximum Gasteiger partial charge on any atom is 0.344 e. The number of rotatable bonds is 5. The summed E-state index contributed by atoms with van der Waals surface area (Å²) in [5.41, 5.74) is 3.23. The lowest BCUT2D eigenvalue weighted by Crippen LogP contribution is -2.49. The van der Waals surface area contributed by atoms with E-state index < -0.39 is 23.4 Å². The molecule has 132 valence electrons. The van der Waals surface area contributed by atoms with Crippen molar-refractivity contribution in [1.82, 2.24) is 20.7 Å². The monoisotopic (exact) mass is 361 g/mol. The van der Waals surface area contributed by atoms with Crippen molar-refractivity contribution in [2.45, 2.75) is 44.7 Å². The molecule has 0 aromatic carbocycles. The number of hydrogen-bond acceptors (Lipinski definition) is 6. The number of nitriles is 1. The summed E-state index contributed by atoms with van der Waals surface area (Å²) < 4.78 is 0. The van der Waals surface area contributed by atoms with Crippen molar-refractivity contribution in [2.24, 2.45) is 0 Å². The lowest BCUT2D eigenvalue weighted by Gasteiger charge is -2.19. The Morgan fingerprint density at radius 1 is 1.48 bits per heavy atom. The Labute approximate surface area is 149 Å². The van der Waals surface area contributed by atoms with E-state index in [1.165, 1.54) is 0 Å². The molecule has 1 unspecified atom stereocenters. The molecule has 2 N–H and O–H groups in total. The molecule has 25 heavy (non-hydrogen) atoms. The molecule has 1 saturated heterocycles. The topological polar surface area (TPSA) is 115 Å². The molecule has 0 aliphatic carbocycles. The molecule has 0 bridgehead atoms. The fraction of sp³-hybridized carbons (Fsp3) is 0.438. The third-order valence-electron chi connectivity index (χ3n) is 3.97. The number of pyridine rings is 1. The number of thioether (sulfide) groups is 1. The molecule has 2 heterocycles. The van der Waals surface area contributed by atoms with Crippen LogP contribution in [0.1, 0.15) is 37.1 Å². The van der Waals surface area contributed by atoms with Crippen molar-refractivity contribution in [1.29, 1.82) is 5.26 Å². The molecular formula is C16H19N5O3S. The van der Waals surface area contributed by atoms with Gasteiger partial charge in [-0.05, 0) is 38.8 Å². The van der Waals surface area contributed by atoms with E-state index in [2.05, 4.69) is 21.8 Å². The van der Waals surface area contributed by atoms with Crippen LogP contribution in [0, 0.1) is 25.2 Å². The summed E-state index contributed by atoms with van der Waals surface area (Å²) in [6.45, 7) is 6.98. The summed E-state index contributed by atoms with van der Waals surface area (Å²) in [7, 11) is 0. The zero-order chi connectivity index (χ0) is 18.8. The second-order valence-corrected chi connectivity index (χ2v) is 6.92. The molecule has 1 fully saturated rings. The summed E-state index contributed by atoms with van der Waals surface area (Å²) in [6.07, 6.45) is 0.413. The predicted molar refractivity (Wildman–Crippen MR) is 91.4 cm³/mol. The number of aryl methyl sites for hydroxylation is 2. The molecule has 1 atom stereocenters. The Morgan fingerprint density at radius 2 is 2.16 bits per heavy atom. The van der Waals surface area contributed by atoms with Gasteiger partial charge in [0.1, 0.15) is 16.6 Å². The summed E-state index contributed by atoms with van der Waals surface area (Å²) in [5.74, 6) is -1.11. The van der Waals surface area contributed by atoms with Crippen molar-refractivity contribution in [3.63, 3.8) is 0 Å². The van der Waals surface area contributed by atoms with Gasteiger partial charge in [-0.25, -0.2) is 9.78 Å². The average Bonchev–Trinajstić information content (AvgIpc) is 2.76. The van der Waals surface area contributed by atoms with E-state index in [-0.39, 0.29) is 5.75 Å². The summed E-state index contributed by atoms with van der Waals surface area (Å²) in [5, 5.41) is 12.9. The van der Waals surface area contributed by atoms with Crippen LogP contribution in [0.15, 0.2) is 11.1 Å². The van der Waals surface area contributed by atoms with E-state index in [1.807, 2.05) is 0 Å². The lowest BCUT2D eigenvalue weighted by molar-refractivity contribution is -0.137. The number of aromatic nitrogens is 1. The van der Waals surface area contributed by atoms with Gasteiger partial charge in [-0.3, -0.25) is 15.0 Å². The number of carbonyl (C=O) groups excluding carboxylic acids is 3. The van der Waals surface area contributed by atoms with Crippen molar-refractivity contribution in [2.75, 3.05) is 5.75 Å². The summed E-state index contributed by atoms with van der Waals surface area (Å²) in [4.78, 5) is 40.5. The van der Waals surface area contributed by atoms with Gasteiger partial charge >= 0.3 is 6.03 Å². The maximum atomic E-state index is 12.2. The normalized spacial score (nSPS) is 19.6. The smallest absolute Gasteiger partial charge is 0.322 e. The zero-order valence-electron chi connectivity index (χ0n) is 14.5. The number of imide groups is 1. The van der Waals surface area contributed by atoms with E-state index in [0.29, 0.717) is 22.0 Å². The van der Waals surface area contributed by atoms with Crippen LogP contribution in [0.4, 0.5) is 4.79 Å². The van der Waals surface area contributed by atoms with Crippen LogP contribution in [-0.4, -0.2) is 39.1 Å². The van der Waals surface area contributed by atoms with Gasteiger partial charge in [-0.15, -0.1) is 0 Å². The number of amides is 4. The number of nitrogens with one attached hydrogen (secondary N) is 2. The van der Waals surface area contributed by atoms with Crippen LogP contribution in [0.5, 0.6) is 0 Å². The second-order valence-electron chi connectivity index (χ2n) is 5.95. The minimum absolute atomic E-state index is 0.0789. The molecule has 1 aromatic rings. The van der Waals surface area contributed by atoms with Gasteiger partial charge in [-0.2, -0.15) is 10.3 Å². The highest BCUT2D eigenvalue weighted by atomic mass is 32.2. The van der Waals surface area contributed by atoms with Crippen molar-refractivity contribution < 1.29 is 14.4 Å². The first kappa shape index (κ1) is 18.7. The molecule has 1 aromatic heterocycles. The Hall–Kier alpha value is -2.60. The van der Waals surface area contributed by atoms with Gasteiger partial charge in [0.15, 0.2) is 0 Å². The quantitative estimate of drug-likeness (QED) is 0.605. The first-order chi connectivity index (χ1) is 11.7. The van der Waals surface area contributed by atoms with Crippen LogP contribution in [-0.2, 0) is 9.59 Å². The molecule has 4 amide bonds. The predicted octanol–water partition coefficient (Wildman–Crippen LogP) is 1.41. The van der Waals surface area contributed by atoms with E-state index in [0.717, 1.165) is 23.0 Å². The first-order valence-electron chi connectivity index (χ1n) is 7.69. The minimum atomic E-state index is -1.01. The molecule has 1 aliphatic rings. The molecule has 0 spiro atoms. The summed E-state index contributed by atoms with van der Waals surface area (Å²) >= 11 is 1.08. The minimum Gasteiger partial charge on any atom is -0.322 e. The molecule has 0 saturated carbocycles. The van der Waals surface area contributed by atoms with Gasteiger partial charge in [0.25, 0.3) is 5.91 Å². The molecule has 2 rings (SSSR count). The van der Waals surface area contributed by atoms with Crippen molar-refractivity contribution in [3.05, 3.63) is 22.9 Å². The third-order valence-corrected chi connectivity index (χ3v) is 4.94. The van der Waals surface area contributed by atoms with E-state index in [1.54, 1.807) is 33.8 Å².